The van der Waals surface area contributed by atoms with E-state index in [9.17, 15) is 18.7 Å². The number of carbonyl (C=O) groups is 1. The lowest BCUT2D eigenvalue weighted by molar-refractivity contribution is -0.236. The monoisotopic (exact) mass is 318 g/mol. The number of methoxy groups -OCH3 is 1. The summed E-state index contributed by atoms with van der Waals surface area (Å²) in [4.78, 5) is 12.1. The topological polar surface area (TPSA) is 85.2 Å². The lowest BCUT2D eigenvalue weighted by Gasteiger charge is -2.34. The first-order valence-corrected chi connectivity index (χ1v) is 6.51. The minimum Gasteiger partial charge on any atom is -0.441 e. The van der Waals surface area contributed by atoms with Crippen molar-refractivity contribution in [2.75, 3.05) is 13.7 Å². The summed E-state index contributed by atoms with van der Waals surface area (Å²) in [5.41, 5.74) is -2.67. The average Bonchev–Trinajstić information content (AvgIpc) is 2.81. The van der Waals surface area contributed by atoms with E-state index >= 15 is 0 Å². The zero-order valence-electron chi connectivity index (χ0n) is 11.7. The highest BCUT2D eigenvalue weighted by Crippen LogP contribution is 2.40. The normalized spacial score (nSPS) is 31.5. The van der Waals surface area contributed by atoms with Gasteiger partial charge < -0.3 is 24.4 Å². The van der Waals surface area contributed by atoms with Crippen LogP contribution in [0.5, 0.6) is 0 Å². The average molecular weight is 318 g/mol. The van der Waals surface area contributed by atoms with Gasteiger partial charge in [-0.25, -0.2) is 13.6 Å². The first-order valence-electron chi connectivity index (χ1n) is 6.51. The number of benzene rings is 1. The molecule has 6 nitrogen and oxygen atoms in total. The molecule has 0 amide bonds. The molecule has 4 atom stereocenters. The number of aliphatic hydroxyl groups excluding tert-OH is 2. The fourth-order valence-electron chi connectivity index (χ4n) is 2.33. The minimum atomic E-state index is -3.28. The summed E-state index contributed by atoms with van der Waals surface area (Å²) >= 11 is 0. The summed E-state index contributed by atoms with van der Waals surface area (Å²) in [6, 6.07) is 7.49. The highest BCUT2D eigenvalue weighted by Gasteiger charge is 2.65. The van der Waals surface area contributed by atoms with Gasteiger partial charge in [-0.15, -0.1) is 0 Å². The summed E-state index contributed by atoms with van der Waals surface area (Å²) in [6.45, 7) is -0.724. The first-order chi connectivity index (χ1) is 10.5. The number of carbonyl (C=O) groups excluding carboxylic acids is 1. The Morgan fingerprint density at radius 2 is 2.05 bits per heavy atom. The van der Waals surface area contributed by atoms with Gasteiger partial charge in [0.1, 0.15) is 12.2 Å². The Kier molecular flexibility index (Phi) is 5.07. The van der Waals surface area contributed by atoms with E-state index in [2.05, 4.69) is 0 Å². The van der Waals surface area contributed by atoms with Crippen molar-refractivity contribution in [3.8, 4) is 0 Å². The maximum absolute atomic E-state index is 13.6. The van der Waals surface area contributed by atoms with Crippen molar-refractivity contribution in [1.82, 2.24) is 0 Å². The molecule has 122 valence electrons. The van der Waals surface area contributed by atoms with Gasteiger partial charge in [0.05, 0.1) is 12.2 Å². The Morgan fingerprint density at radius 1 is 1.41 bits per heavy atom. The van der Waals surface area contributed by atoms with Crippen molar-refractivity contribution >= 4 is 5.97 Å². The number of hydrogen-bond donors (Lipinski definition) is 2. The van der Waals surface area contributed by atoms with E-state index in [0.717, 1.165) is 7.11 Å². The molecule has 0 saturated carbocycles. The molecule has 0 spiro atoms. The quantitative estimate of drug-likeness (QED) is 0.772. The van der Waals surface area contributed by atoms with Crippen LogP contribution >= 0.6 is 0 Å². The molecule has 2 rings (SSSR count). The van der Waals surface area contributed by atoms with Crippen LogP contribution in [0.25, 0.3) is 0 Å². The number of rotatable bonds is 5. The molecule has 2 N–H and O–H groups in total. The van der Waals surface area contributed by atoms with Gasteiger partial charge in [-0.2, -0.15) is 0 Å². The fraction of sp³-hybridized carbons (Fsp3) is 0.500. The van der Waals surface area contributed by atoms with Gasteiger partial charge in [0.25, 0.3) is 12.0 Å². The van der Waals surface area contributed by atoms with Gasteiger partial charge >= 0.3 is 5.97 Å². The zero-order chi connectivity index (χ0) is 16.3. The van der Waals surface area contributed by atoms with Crippen LogP contribution < -0.4 is 0 Å². The van der Waals surface area contributed by atoms with Crippen LogP contribution in [0.1, 0.15) is 10.4 Å². The molecular formula is C14H16F2O6. The highest BCUT2D eigenvalue weighted by molar-refractivity contribution is 5.89. The molecule has 1 fully saturated rings. The lowest BCUT2D eigenvalue weighted by atomic mass is 9.95. The molecule has 0 aromatic heterocycles. The summed E-state index contributed by atoms with van der Waals surface area (Å²) in [5.74, 6) is -1.05. The molecule has 0 bridgehead atoms. The molecular weight excluding hydrogens is 302 g/mol. The van der Waals surface area contributed by atoms with Gasteiger partial charge in [0.15, 0.2) is 0 Å². The largest absolute Gasteiger partial charge is 0.441 e. The minimum absolute atomic E-state index is 0.0389. The zero-order valence-corrected chi connectivity index (χ0v) is 11.7. The van der Waals surface area contributed by atoms with Crippen LogP contribution in [-0.4, -0.2) is 60.4 Å². The molecule has 1 aliphatic heterocycles. The van der Waals surface area contributed by atoms with E-state index in [0.29, 0.717) is 0 Å². The van der Waals surface area contributed by atoms with Gasteiger partial charge in [-0.05, 0) is 12.1 Å². The SMILES string of the molecule is CO[C@@H]1O[C@H](CO)[C@@H](O)[C@@]1(OC(=O)c1ccccc1)C(F)F. The van der Waals surface area contributed by atoms with E-state index in [1.54, 1.807) is 6.07 Å². The van der Waals surface area contributed by atoms with E-state index in [1.165, 1.54) is 24.3 Å². The first kappa shape index (κ1) is 16.8. The fourth-order valence-corrected chi connectivity index (χ4v) is 2.33. The van der Waals surface area contributed by atoms with Crippen molar-refractivity contribution in [1.29, 1.82) is 0 Å². The molecule has 1 heterocycles. The second kappa shape index (κ2) is 6.66. The number of hydrogen-bond acceptors (Lipinski definition) is 6. The van der Waals surface area contributed by atoms with Gasteiger partial charge in [0.2, 0.25) is 6.29 Å². The van der Waals surface area contributed by atoms with Crippen LogP contribution in [0.15, 0.2) is 30.3 Å². The predicted molar refractivity (Wildman–Crippen MR) is 69.4 cm³/mol. The highest BCUT2D eigenvalue weighted by atomic mass is 19.3. The number of aliphatic hydroxyl groups is 2. The molecule has 0 unspecified atom stereocenters. The third-order valence-corrected chi connectivity index (χ3v) is 3.50. The van der Waals surface area contributed by atoms with Crippen molar-refractivity contribution in [3.63, 3.8) is 0 Å². The Labute approximate surface area is 125 Å². The predicted octanol–water partition coefficient (Wildman–Crippen LogP) is 0.572. The van der Waals surface area contributed by atoms with E-state index in [-0.39, 0.29) is 5.56 Å². The summed E-state index contributed by atoms with van der Waals surface area (Å²) in [5, 5.41) is 19.1. The molecule has 1 aromatic rings. The molecule has 22 heavy (non-hydrogen) atoms. The third-order valence-electron chi connectivity index (χ3n) is 3.50. The van der Waals surface area contributed by atoms with Crippen LogP contribution in [0.3, 0.4) is 0 Å². The lowest BCUT2D eigenvalue weighted by Crippen LogP contribution is -2.58. The molecule has 1 saturated heterocycles. The van der Waals surface area contributed by atoms with E-state index in [1.807, 2.05) is 0 Å². The second-order valence-electron chi connectivity index (χ2n) is 4.78. The van der Waals surface area contributed by atoms with Crippen molar-refractivity contribution < 1.29 is 38.0 Å². The van der Waals surface area contributed by atoms with Crippen LogP contribution in [-0.2, 0) is 14.2 Å². The Hall–Kier alpha value is -1.61. The number of alkyl halides is 2. The summed E-state index contributed by atoms with van der Waals surface area (Å²) < 4.78 is 41.9. The van der Waals surface area contributed by atoms with Crippen LogP contribution in [0.2, 0.25) is 0 Å². The molecule has 8 heteroatoms. The van der Waals surface area contributed by atoms with Gasteiger partial charge in [-0.1, -0.05) is 18.2 Å². The maximum atomic E-state index is 13.6. The summed E-state index contributed by atoms with van der Waals surface area (Å²) in [7, 11) is 1.07. The number of halogens is 2. The third kappa shape index (κ3) is 2.70. The van der Waals surface area contributed by atoms with E-state index in [4.69, 9.17) is 19.3 Å². The molecule has 0 aliphatic carbocycles. The number of esters is 1. The smallest absolute Gasteiger partial charge is 0.339 e. The molecule has 0 radical (unpaired) electrons. The van der Waals surface area contributed by atoms with E-state index < -0.39 is 43.1 Å². The Balaban J connectivity index is 2.34. The molecule has 1 aromatic carbocycles. The van der Waals surface area contributed by atoms with Crippen LogP contribution in [0, 0.1) is 0 Å². The maximum Gasteiger partial charge on any atom is 0.339 e. The number of ether oxygens (including phenoxy) is 3. The van der Waals surface area contributed by atoms with Crippen molar-refractivity contribution in [2.45, 2.75) is 30.5 Å². The van der Waals surface area contributed by atoms with Crippen LogP contribution in [0.4, 0.5) is 8.78 Å². The standard InChI is InChI=1S/C14H16F2O6/c1-20-13-14(12(15)16,10(18)9(7-17)21-13)22-11(19)8-5-3-2-4-6-8/h2-6,9-10,12-13,17-18H,7H2,1H3/t9-,10-,13-,14-/m1/s1. The molecule has 1 aliphatic rings. The van der Waals surface area contributed by atoms with Crippen molar-refractivity contribution in [2.24, 2.45) is 0 Å². The summed E-state index contributed by atoms with van der Waals surface area (Å²) in [6.07, 6.45) is -8.26. The van der Waals surface area contributed by atoms with Gasteiger partial charge in [0, 0.05) is 7.11 Å². The van der Waals surface area contributed by atoms with Crippen molar-refractivity contribution in [3.05, 3.63) is 35.9 Å². The second-order valence-corrected chi connectivity index (χ2v) is 4.78. The Morgan fingerprint density at radius 3 is 2.55 bits per heavy atom. The Bertz CT molecular complexity index is 507. The van der Waals surface area contributed by atoms with Gasteiger partial charge in [-0.3, -0.25) is 0 Å².